The predicted molar refractivity (Wildman–Crippen MR) is 139 cm³/mol. The second-order valence-electron chi connectivity index (χ2n) is 9.22. The number of amides is 1. The van der Waals surface area contributed by atoms with E-state index in [9.17, 15) is 4.79 Å². The molecule has 9 nitrogen and oxygen atoms in total. The molecule has 4 heterocycles. The summed E-state index contributed by atoms with van der Waals surface area (Å²) in [4.78, 5) is 31.2. The zero-order valence-corrected chi connectivity index (χ0v) is 20.3. The van der Waals surface area contributed by atoms with Crippen LogP contribution >= 0.6 is 0 Å². The van der Waals surface area contributed by atoms with Crippen LogP contribution in [0.25, 0.3) is 22.4 Å². The SMILES string of the molecule is CN(C)C1CCN(c2nc(-c3cccc(NC(=O)c4ccc(N)nc4)c3)nc3ccn(C)c23)CC1. The molecule has 35 heavy (non-hydrogen) atoms. The van der Waals surface area contributed by atoms with Gasteiger partial charge in [-0.3, -0.25) is 4.79 Å². The molecular formula is C26H30N8O. The van der Waals surface area contributed by atoms with Crippen molar-refractivity contribution in [2.24, 2.45) is 7.05 Å². The first-order valence-electron chi connectivity index (χ1n) is 11.8. The van der Waals surface area contributed by atoms with Gasteiger partial charge in [-0.05, 0) is 57.3 Å². The number of benzene rings is 1. The number of hydrogen-bond acceptors (Lipinski definition) is 7. The van der Waals surface area contributed by atoms with Crippen LogP contribution in [0.3, 0.4) is 0 Å². The van der Waals surface area contributed by atoms with Gasteiger partial charge in [0.1, 0.15) is 11.3 Å². The Hall–Kier alpha value is -3.98. The lowest BCUT2D eigenvalue weighted by Crippen LogP contribution is -2.42. The predicted octanol–water partition coefficient (Wildman–Crippen LogP) is 3.40. The Bertz CT molecular complexity index is 1350. The summed E-state index contributed by atoms with van der Waals surface area (Å²) in [5, 5.41) is 2.93. The molecule has 0 spiro atoms. The van der Waals surface area contributed by atoms with Crippen LogP contribution in [0.1, 0.15) is 23.2 Å². The fourth-order valence-corrected chi connectivity index (χ4v) is 4.59. The minimum Gasteiger partial charge on any atom is -0.384 e. The van der Waals surface area contributed by atoms with E-state index in [-0.39, 0.29) is 5.91 Å². The van der Waals surface area contributed by atoms with Gasteiger partial charge in [0.25, 0.3) is 5.91 Å². The van der Waals surface area contributed by atoms with Gasteiger partial charge in [-0.2, -0.15) is 0 Å². The fraction of sp³-hybridized carbons (Fsp3) is 0.308. The molecule has 0 radical (unpaired) electrons. The molecule has 9 heteroatoms. The molecule has 180 valence electrons. The zero-order chi connectivity index (χ0) is 24.5. The summed E-state index contributed by atoms with van der Waals surface area (Å²) >= 11 is 0. The van der Waals surface area contributed by atoms with Crippen molar-refractivity contribution in [2.45, 2.75) is 18.9 Å². The number of nitrogens with one attached hydrogen (secondary N) is 1. The van der Waals surface area contributed by atoms with Gasteiger partial charge in [0.15, 0.2) is 11.6 Å². The maximum absolute atomic E-state index is 12.6. The highest BCUT2D eigenvalue weighted by atomic mass is 16.1. The number of pyridine rings is 1. The molecule has 0 saturated carbocycles. The van der Waals surface area contributed by atoms with Crippen LogP contribution in [-0.4, -0.2) is 63.6 Å². The molecule has 1 saturated heterocycles. The number of hydrogen-bond donors (Lipinski definition) is 2. The Kier molecular flexibility index (Phi) is 6.08. The Morgan fingerprint density at radius 1 is 1.11 bits per heavy atom. The molecule has 1 aliphatic rings. The van der Waals surface area contributed by atoms with Crippen molar-refractivity contribution in [3.05, 3.63) is 60.4 Å². The highest BCUT2D eigenvalue weighted by Gasteiger charge is 2.24. The van der Waals surface area contributed by atoms with Crippen molar-refractivity contribution in [3.8, 4) is 11.4 Å². The van der Waals surface area contributed by atoms with Crippen LogP contribution in [0.15, 0.2) is 54.9 Å². The van der Waals surface area contributed by atoms with E-state index in [4.69, 9.17) is 15.7 Å². The quantitative estimate of drug-likeness (QED) is 0.461. The van der Waals surface area contributed by atoms with Gasteiger partial charge in [-0.15, -0.1) is 0 Å². The minimum absolute atomic E-state index is 0.251. The van der Waals surface area contributed by atoms with E-state index in [1.54, 1.807) is 12.1 Å². The third-order valence-corrected chi connectivity index (χ3v) is 6.62. The number of carbonyl (C=O) groups is 1. The molecular weight excluding hydrogens is 440 g/mol. The van der Waals surface area contributed by atoms with Crippen molar-refractivity contribution in [3.63, 3.8) is 0 Å². The first-order chi connectivity index (χ1) is 16.9. The molecule has 1 amide bonds. The Balaban J connectivity index is 1.45. The average molecular weight is 471 g/mol. The fourth-order valence-electron chi connectivity index (χ4n) is 4.59. The van der Waals surface area contributed by atoms with Crippen LogP contribution in [0.4, 0.5) is 17.3 Å². The Morgan fingerprint density at radius 3 is 2.63 bits per heavy atom. The first kappa shape index (κ1) is 22.8. The molecule has 0 aliphatic carbocycles. The maximum Gasteiger partial charge on any atom is 0.257 e. The topological polar surface area (TPSA) is 105 Å². The summed E-state index contributed by atoms with van der Waals surface area (Å²) in [6.07, 6.45) is 5.68. The van der Waals surface area contributed by atoms with E-state index in [2.05, 4.69) is 38.8 Å². The van der Waals surface area contributed by atoms with Crippen molar-refractivity contribution >= 4 is 34.3 Å². The summed E-state index contributed by atoms with van der Waals surface area (Å²) in [7, 11) is 6.33. The molecule has 5 rings (SSSR count). The number of nitrogen functional groups attached to an aromatic ring is 1. The highest BCUT2D eigenvalue weighted by molar-refractivity contribution is 6.04. The number of aromatic nitrogens is 4. The second-order valence-corrected chi connectivity index (χ2v) is 9.22. The van der Waals surface area contributed by atoms with Gasteiger partial charge >= 0.3 is 0 Å². The van der Waals surface area contributed by atoms with E-state index in [1.165, 1.54) is 6.20 Å². The number of fused-ring (bicyclic) bond motifs is 1. The van der Waals surface area contributed by atoms with Gasteiger partial charge in [0, 0.05) is 49.8 Å². The number of aryl methyl sites for hydroxylation is 1. The number of carbonyl (C=O) groups excluding carboxylic acids is 1. The van der Waals surface area contributed by atoms with Gasteiger partial charge in [0.2, 0.25) is 0 Å². The maximum atomic E-state index is 12.6. The standard InChI is InChI=1S/C26H30N8O/c1-32(2)20-9-13-34(14-10-20)25-23-21(11-12-33(23)3)30-24(31-25)17-5-4-6-19(15-17)29-26(35)18-7-8-22(27)28-16-18/h4-8,11-12,15-16,20H,9-10,13-14H2,1-3H3,(H2,27,28)(H,29,35). The van der Waals surface area contributed by atoms with Crippen LogP contribution in [0.2, 0.25) is 0 Å². The Morgan fingerprint density at radius 2 is 1.91 bits per heavy atom. The number of nitrogens with zero attached hydrogens (tertiary/aromatic N) is 6. The Labute approximate surface area is 204 Å². The van der Waals surface area contributed by atoms with E-state index in [1.807, 2.05) is 43.6 Å². The van der Waals surface area contributed by atoms with E-state index in [0.29, 0.717) is 28.9 Å². The molecule has 1 aromatic carbocycles. The summed E-state index contributed by atoms with van der Waals surface area (Å²) in [6.45, 7) is 1.90. The zero-order valence-electron chi connectivity index (χ0n) is 20.3. The lowest BCUT2D eigenvalue weighted by Gasteiger charge is -2.36. The first-order valence-corrected chi connectivity index (χ1v) is 11.8. The van der Waals surface area contributed by atoms with Gasteiger partial charge < -0.3 is 25.4 Å². The van der Waals surface area contributed by atoms with E-state index >= 15 is 0 Å². The molecule has 3 aromatic heterocycles. The molecule has 0 atom stereocenters. The van der Waals surface area contributed by atoms with Crippen LogP contribution in [0, 0.1) is 0 Å². The van der Waals surface area contributed by atoms with Crippen LogP contribution < -0.4 is 16.0 Å². The normalized spacial score (nSPS) is 14.6. The molecule has 0 unspecified atom stereocenters. The summed E-state index contributed by atoms with van der Waals surface area (Å²) in [5.41, 5.74) is 9.52. The molecule has 3 N–H and O–H groups in total. The third kappa shape index (κ3) is 4.67. The molecule has 4 aromatic rings. The second kappa shape index (κ2) is 9.34. The van der Waals surface area contributed by atoms with Gasteiger partial charge in [0.05, 0.1) is 11.1 Å². The average Bonchev–Trinajstić information content (AvgIpc) is 3.24. The van der Waals surface area contributed by atoms with Crippen molar-refractivity contribution in [1.82, 2.24) is 24.4 Å². The highest BCUT2D eigenvalue weighted by Crippen LogP contribution is 2.31. The number of rotatable bonds is 5. The van der Waals surface area contributed by atoms with Crippen molar-refractivity contribution in [2.75, 3.05) is 43.1 Å². The van der Waals surface area contributed by atoms with Gasteiger partial charge in [-0.25, -0.2) is 15.0 Å². The molecule has 0 bridgehead atoms. The summed E-state index contributed by atoms with van der Waals surface area (Å²) in [6, 6.07) is 13.5. The van der Waals surface area contributed by atoms with Crippen LogP contribution in [-0.2, 0) is 7.05 Å². The lowest BCUT2D eigenvalue weighted by atomic mass is 10.0. The van der Waals surface area contributed by atoms with Crippen molar-refractivity contribution < 1.29 is 4.79 Å². The largest absolute Gasteiger partial charge is 0.384 e. The number of anilines is 3. The number of piperidine rings is 1. The summed E-state index contributed by atoms with van der Waals surface area (Å²) < 4.78 is 2.09. The number of nitrogens with two attached hydrogens (primary N) is 1. The monoisotopic (exact) mass is 470 g/mol. The van der Waals surface area contributed by atoms with E-state index in [0.717, 1.165) is 48.3 Å². The van der Waals surface area contributed by atoms with E-state index < -0.39 is 0 Å². The summed E-state index contributed by atoms with van der Waals surface area (Å²) in [5.74, 6) is 1.72. The van der Waals surface area contributed by atoms with Crippen LogP contribution in [0.5, 0.6) is 0 Å². The minimum atomic E-state index is -0.251. The molecule has 1 aliphatic heterocycles. The third-order valence-electron chi connectivity index (χ3n) is 6.62. The van der Waals surface area contributed by atoms with Gasteiger partial charge in [-0.1, -0.05) is 12.1 Å². The lowest BCUT2D eigenvalue weighted by molar-refractivity contribution is 0.102. The molecule has 1 fully saturated rings. The van der Waals surface area contributed by atoms with Crippen molar-refractivity contribution in [1.29, 1.82) is 0 Å². The smallest absolute Gasteiger partial charge is 0.257 e.